The monoisotopic (exact) mass is 315 g/mol. The van der Waals surface area contributed by atoms with Crippen molar-refractivity contribution in [3.8, 4) is 0 Å². The van der Waals surface area contributed by atoms with E-state index in [1.165, 1.54) is 50.8 Å². The summed E-state index contributed by atoms with van der Waals surface area (Å²) in [5, 5.41) is 3.46. The molecule has 0 aromatic heterocycles. The van der Waals surface area contributed by atoms with Gasteiger partial charge in [0.2, 0.25) is 0 Å². The molecule has 2 heterocycles. The summed E-state index contributed by atoms with van der Waals surface area (Å²) < 4.78 is 0. The van der Waals surface area contributed by atoms with Gasteiger partial charge >= 0.3 is 0 Å². The molecule has 3 rings (SSSR count). The van der Waals surface area contributed by atoms with E-state index in [1.54, 1.807) is 11.1 Å². The van der Waals surface area contributed by atoms with Crippen LogP contribution in [-0.4, -0.2) is 37.6 Å². The third kappa shape index (κ3) is 4.48. The van der Waals surface area contributed by atoms with Gasteiger partial charge in [-0.1, -0.05) is 51.2 Å². The molecule has 3 nitrogen and oxygen atoms in total. The maximum absolute atomic E-state index is 3.46. The number of benzene rings is 1. The molecule has 1 aromatic carbocycles. The first-order valence-corrected chi connectivity index (χ1v) is 9.67. The lowest BCUT2D eigenvalue weighted by atomic mass is 10.1. The Balaban J connectivity index is 1.50. The Hall–Kier alpha value is -1.06. The average Bonchev–Trinajstić information content (AvgIpc) is 3.01. The highest BCUT2D eigenvalue weighted by atomic mass is 15.2. The molecule has 23 heavy (non-hydrogen) atoms. The van der Waals surface area contributed by atoms with E-state index in [4.69, 9.17) is 0 Å². The molecule has 2 aliphatic rings. The Kier molecular flexibility index (Phi) is 6.35. The fourth-order valence-corrected chi connectivity index (χ4v) is 3.95. The molecule has 128 valence electrons. The number of piperazine rings is 1. The van der Waals surface area contributed by atoms with Gasteiger partial charge in [0.15, 0.2) is 0 Å². The normalized spacial score (nSPS) is 18.4. The molecule has 0 aliphatic carbocycles. The van der Waals surface area contributed by atoms with Gasteiger partial charge in [-0.05, 0) is 30.2 Å². The zero-order chi connectivity index (χ0) is 15.9. The smallest absolute Gasteiger partial charge is 0.0416 e. The molecule has 0 amide bonds. The van der Waals surface area contributed by atoms with Crippen LogP contribution in [0.15, 0.2) is 18.2 Å². The predicted molar refractivity (Wildman–Crippen MR) is 99.0 cm³/mol. The van der Waals surface area contributed by atoms with Gasteiger partial charge in [-0.2, -0.15) is 0 Å². The Labute approximate surface area is 142 Å². The van der Waals surface area contributed by atoms with Gasteiger partial charge in [0.1, 0.15) is 0 Å². The molecule has 2 aliphatic heterocycles. The average molecular weight is 316 g/mol. The number of unbranched alkanes of at least 4 members (excludes halogenated alkanes) is 5. The Morgan fingerprint density at radius 3 is 2.57 bits per heavy atom. The van der Waals surface area contributed by atoms with Crippen LogP contribution in [0.5, 0.6) is 0 Å². The van der Waals surface area contributed by atoms with Crippen molar-refractivity contribution in [1.82, 2.24) is 10.2 Å². The van der Waals surface area contributed by atoms with Crippen molar-refractivity contribution in [2.24, 2.45) is 0 Å². The minimum atomic E-state index is 1.12. The molecule has 0 radical (unpaired) electrons. The van der Waals surface area contributed by atoms with Crippen molar-refractivity contribution < 1.29 is 0 Å². The Bertz CT molecular complexity index is 480. The number of anilines is 1. The summed E-state index contributed by atoms with van der Waals surface area (Å²) in [5.74, 6) is 0. The van der Waals surface area contributed by atoms with Crippen LogP contribution in [0.4, 0.5) is 5.69 Å². The molecule has 1 aromatic rings. The van der Waals surface area contributed by atoms with Crippen LogP contribution in [-0.2, 0) is 13.1 Å². The molecule has 1 N–H and O–H groups in total. The molecule has 0 atom stereocenters. The molecule has 0 saturated carbocycles. The Morgan fingerprint density at radius 1 is 0.957 bits per heavy atom. The number of hydrogen-bond donors (Lipinski definition) is 1. The highest BCUT2D eigenvalue weighted by Crippen LogP contribution is 2.32. The van der Waals surface area contributed by atoms with Gasteiger partial charge in [-0.25, -0.2) is 0 Å². The number of fused-ring (bicyclic) bond motifs is 1. The molecule has 0 bridgehead atoms. The van der Waals surface area contributed by atoms with Gasteiger partial charge in [0, 0.05) is 45.0 Å². The lowest BCUT2D eigenvalue weighted by Crippen LogP contribution is -2.43. The van der Waals surface area contributed by atoms with E-state index >= 15 is 0 Å². The second-order valence-corrected chi connectivity index (χ2v) is 7.13. The van der Waals surface area contributed by atoms with E-state index < -0.39 is 0 Å². The minimum absolute atomic E-state index is 1.12. The molecule has 0 unspecified atom stereocenters. The second kappa shape index (κ2) is 8.70. The zero-order valence-electron chi connectivity index (χ0n) is 14.8. The summed E-state index contributed by atoms with van der Waals surface area (Å²) in [7, 11) is 0. The standard InChI is InChI=1S/C20H33N3/c1-2-3-4-5-6-7-13-22-16-18-9-8-10-20(19(18)17-22)23-14-11-21-12-15-23/h8-10,21H,2-7,11-17H2,1H3. The van der Waals surface area contributed by atoms with Crippen LogP contribution in [0.1, 0.15) is 56.6 Å². The van der Waals surface area contributed by atoms with Gasteiger partial charge < -0.3 is 10.2 Å². The minimum Gasteiger partial charge on any atom is -0.369 e. The SMILES string of the molecule is CCCCCCCCN1Cc2cccc(N3CCNCC3)c2C1. The lowest BCUT2D eigenvalue weighted by molar-refractivity contribution is 0.276. The molecular formula is C20H33N3. The van der Waals surface area contributed by atoms with Crippen LogP contribution >= 0.6 is 0 Å². The van der Waals surface area contributed by atoms with Crippen LogP contribution in [0.2, 0.25) is 0 Å². The fraction of sp³-hybridized carbons (Fsp3) is 0.700. The highest BCUT2D eigenvalue weighted by Gasteiger charge is 2.23. The summed E-state index contributed by atoms with van der Waals surface area (Å²) >= 11 is 0. The summed E-state index contributed by atoms with van der Waals surface area (Å²) in [6.45, 7) is 10.4. The third-order valence-electron chi connectivity index (χ3n) is 5.31. The largest absolute Gasteiger partial charge is 0.369 e. The number of nitrogens with one attached hydrogen (secondary N) is 1. The summed E-state index contributed by atoms with van der Waals surface area (Å²) in [5.41, 5.74) is 4.65. The van der Waals surface area contributed by atoms with Gasteiger partial charge in [-0.3, -0.25) is 4.90 Å². The van der Waals surface area contributed by atoms with Crippen molar-refractivity contribution in [1.29, 1.82) is 0 Å². The first-order valence-electron chi connectivity index (χ1n) is 9.67. The molecule has 0 spiro atoms. The van der Waals surface area contributed by atoms with Crippen molar-refractivity contribution in [2.45, 2.75) is 58.5 Å². The first kappa shape index (κ1) is 16.8. The Morgan fingerprint density at radius 2 is 1.74 bits per heavy atom. The first-order chi connectivity index (χ1) is 11.4. The predicted octanol–water partition coefficient (Wildman–Crippen LogP) is 3.77. The third-order valence-corrected chi connectivity index (χ3v) is 5.31. The maximum Gasteiger partial charge on any atom is 0.0416 e. The van der Waals surface area contributed by atoms with Crippen LogP contribution in [0, 0.1) is 0 Å². The number of rotatable bonds is 8. The van der Waals surface area contributed by atoms with Gasteiger partial charge in [0.05, 0.1) is 0 Å². The molecule has 1 saturated heterocycles. The van der Waals surface area contributed by atoms with Crippen molar-refractivity contribution in [3.63, 3.8) is 0 Å². The van der Waals surface area contributed by atoms with Crippen molar-refractivity contribution in [3.05, 3.63) is 29.3 Å². The van der Waals surface area contributed by atoms with E-state index in [-0.39, 0.29) is 0 Å². The van der Waals surface area contributed by atoms with E-state index in [1.807, 2.05) is 0 Å². The van der Waals surface area contributed by atoms with Crippen LogP contribution in [0.3, 0.4) is 0 Å². The summed E-state index contributed by atoms with van der Waals surface area (Å²) in [6.07, 6.45) is 8.35. The van der Waals surface area contributed by atoms with Crippen molar-refractivity contribution >= 4 is 5.69 Å². The molecule has 1 fully saturated rings. The highest BCUT2D eigenvalue weighted by molar-refractivity contribution is 5.58. The fourth-order valence-electron chi connectivity index (χ4n) is 3.95. The molecule has 3 heteroatoms. The zero-order valence-corrected chi connectivity index (χ0v) is 14.8. The van der Waals surface area contributed by atoms with E-state index in [9.17, 15) is 0 Å². The topological polar surface area (TPSA) is 18.5 Å². The quantitative estimate of drug-likeness (QED) is 0.737. The van der Waals surface area contributed by atoms with E-state index in [2.05, 4.69) is 40.2 Å². The van der Waals surface area contributed by atoms with Crippen molar-refractivity contribution in [2.75, 3.05) is 37.6 Å². The lowest BCUT2D eigenvalue weighted by Gasteiger charge is -2.31. The summed E-state index contributed by atoms with van der Waals surface area (Å²) in [4.78, 5) is 5.22. The second-order valence-electron chi connectivity index (χ2n) is 7.13. The van der Waals surface area contributed by atoms with Crippen LogP contribution < -0.4 is 10.2 Å². The molecular weight excluding hydrogens is 282 g/mol. The number of hydrogen-bond acceptors (Lipinski definition) is 3. The van der Waals surface area contributed by atoms with Crippen LogP contribution in [0.25, 0.3) is 0 Å². The van der Waals surface area contributed by atoms with Gasteiger partial charge in [0.25, 0.3) is 0 Å². The van der Waals surface area contributed by atoms with Gasteiger partial charge in [-0.15, -0.1) is 0 Å². The van der Waals surface area contributed by atoms with E-state index in [0.29, 0.717) is 0 Å². The summed E-state index contributed by atoms with van der Waals surface area (Å²) in [6, 6.07) is 6.92. The maximum atomic E-state index is 3.46. The van der Waals surface area contributed by atoms with E-state index in [0.717, 1.165) is 39.3 Å². The number of nitrogens with zero attached hydrogens (tertiary/aromatic N) is 2.